The molecule has 6 nitrogen and oxygen atoms in total. The molecule has 0 fully saturated rings. The van der Waals surface area contributed by atoms with Crippen LogP contribution in [0.2, 0.25) is 0 Å². The Morgan fingerprint density at radius 2 is 0.875 bits per heavy atom. The Balaban J connectivity index is 0.000000132. The number of nitrogens with one attached hydrogen (secondary N) is 2. The third-order valence-corrected chi connectivity index (χ3v) is 8.94. The molecule has 4 aromatic rings. The minimum atomic E-state index is 0.236. The van der Waals surface area contributed by atoms with E-state index in [0.717, 1.165) is 87.5 Å². The Hall–Kier alpha value is -4.06. The largest absolute Gasteiger partial charge is 0.369 e. The van der Waals surface area contributed by atoms with Gasteiger partial charge in [-0.25, -0.2) is 0 Å². The maximum atomic E-state index is 12.6. The van der Waals surface area contributed by atoms with Gasteiger partial charge < -0.3 is 10.6 Å². The van der Waals surface area contributed by atoms with E-state index in [1.807, 2.05) is 21.3 Å². The third-order valence-electron chi connectivity index (χ3n) is 8.94. The van der Waals surface area contributed by atoms with Crippen molar-refractivity contribution in [2.24, 2.45) is 0 Å². The van der Waals surface area contributed by atoms with Crippen molar-refractivity contribution in [1.29, 1.82) is 0 Å². The Labute approximate surface area is 234 Å². The average Bonchev–Trinajstić information content (AvgIpc) is 3.70. The lowest BCUT2D eigenvalue weighted by Gasteiger charge is -2.22. The van der Waals surface area contributed by atoms with Gasteiger partial charge in [0.2, 0.25) is 0 Å². The van der Waals surface area contributed by atoms with Crippen LogP contribution in [0.15, 0.2) is 70.3 Å². The van der Waals surface area contributed by atoms with Crippen molar-refractivity contribution in [3.63, 3.8) is 0 Å². The molecule has 2 aliphatic carbocycles. The van der Waals surface area contributed by atoms with Crippen LogP contribution in [0.1, 0.15) is 47.9 Å². The van der Waals surface area contributed by atoms with Crippen molar-refractivity contribution in [1.82, 2.24) is 9.13 Å². The molecule has 2 aliphatic heterocycles. The molecule has 40 heavy (non-hydrogen) atoms. The number of hydrogen-bond donors (Lipinski definition) is 2. The molecule has 4 aliphatic rings. The van der Waals surface area contributed by atoms with Crippen LogP contribution in [0.4, 0.5) is 11.6 Å². The maximum absolute atomic E-state index is 12.6. The normalized spacial score (nSPS) is 16.4. The van der Waals surface area contributed by atoms with E-state index in [9.17, 15) is 9.59 Å². The average molecular weight is 533 g/mol. The molecular formula is C34H36N4O2. The number of hydrogen-bond acceptors (Lipinski definition) is 4. The minimum absolute atomic E-state index is 0.236. The molecule has 0 spiro atoms. The predicted molar refractivity (Wildman–Crippen MR) is 163 cm³/mol. The minimum Gasteiger partial charge on any atom is -0.369 e. The lowest BCUT2D eigenvalue weighted by molar-refractivity contribution is 0.659. The zero-order valence-corrected chi connectivity index (χ0v) is 23.0. The number of rotatable bonds is 2. The van der Waals surface area contributed by atoms with Crippen LogP contribution in [0.5, 0.6) is 0 Å². The van der Waals surface area contributed by atoms with E-state index in [1.54, 1.807) is 0 Å². The summed E-state index contributed by atoms with van der Waals surface area (Å²) in [5.74, 6) is 2.06. The molecular weight excluding hydrogens is 496 g/mol. The molecule has 0 atom stereocenters. The predicted octanol–water partition coefficient (Wildman–Crippen LogP) is 5.64. The highest BCUT2D eigenvalue weighted by atomic mass is 16.1. The van der Waals surface area contributed by atoms with E-state index in [-0.39, 0.29) is 11.1 Å². The van der Waals surface area contributed by atoms with Crippen molar-refractivity contribution in [2.45, 2.75) is 64.5 Å². The monoisotopic (exact) mass is 532 g/mol. The van der Waals surface area contributed by atoms with Gasteiger partial charge in [0.25, 0.3) is 11.1 Å². The van der Waals surface area contributed by atoms with Crippen LogP contribution in [0.25, 0.3) is 22.3 Å². The summed E-state index contributed by atoms with van der Waals surface area (Å²) in [6.45, 7) is 3.30. The number of pyridine rings is 2. The highest BCUT2D eigenvalue weighted by molar-refractivity contribution is 5.81. The summed E-state index contributed by atoms with van der Waals surface area (Å²) in [6, 6.07) is 21.0. The van der Waals surface area contributed by atoms with Gasteiger partial charge in [0.05, 0.1) is 0 Å². The van der Waals surface area contributed by atoms with Crippen molar-refractivity contribution >= 4 is 11.6 Å². The first kappa shape index (κ1) is 24.9. The van der Waals surface area contributed by atoms with Crippen LogP contribution >= 0.6 is 0 Å². The molecule has 4 heterocycles. The number of benzene rings is 2. The standard InChI is InChI=1S/2C17H18N2O/c2*20-17-14-9-5-4-8-13(14)15(12-6-2-1-3-7-12)16-18-10-11-19(16)17/h2*1-3,6-7,18H,4-5,8-11H2. The van der Waals surface area contributed by atoms with Crippen molar-refractivity contribution in [3.8, 4) is 22.3 Å². The second-order valence-electron chi connectivity index (χ2n) is 11.3. The number of aromatic nitrogens is 2. The van der Waals surface area contributed by atoms with Gasteiger partial charge in [0.1, 0.15) is 11.6 Å². The van der Waals surface area contributed by atoms with Crippen LogP contribution in [-0.4, -0.2) is 22.2 Å². The molecule has 2 N–H and O–H groups in total. The Morgan fingerprint density at radius 3 is 1.27 bits per heavy atom. The second-order valence-corrected chi connectivity index (χ2v) is 11.3. The van der Waals surface area contributed by atoms with E-state index >= 15 is 0 Å². The summed E-state index contributed by atoms with van der Waals surface area (Å²) in [7, 11) is 0. The fourth-order valence-electron chi connectivity index (χ4n) is 7.12. The molecule has 2 aromatic heterocycles. The van der Waals surface area contributed by atoms with E-state index in [0.29, 0.717) is 0 Å². The van der Waals surface area contributed by atoms with Gasteiger partial charge in [0.15, 0.2) is 0 Å². The number of anilines is 2. The Morgan fingerprint density at radius 1 is 0.500 bits per heavy atom. The highest BCUT2D eigenvalue weighted by Crippen LogP contribution is 2.38. The third kappa shape index (κ3) is 4.17. The maximum Gasteiger partial charge on any atom is 0.255 e. The van der Waals surface area contributed by atoms with Crippen LogP contribution in [0, 0.1) is 0 Å². The van der Waals surface area contributed by atoms with Gasteiger partial charge >= 0.3 is 0 Å². The Kier molecular flexibility index (Phi) is 6.54. The quantitative estimate of drug-likeness (QED) is 0.351. The lowest BCUT2D eigenvalue weighted by Crippen LogP contribution is -2.26. The number of fused-ring (bicyclic) bond motifs is 4. The van der Waals surface area contributed by atoms with E-state index in [2.05, 4.69) is 59.2 Å². The van der Waals surface area contributed by atoms with Gasteiger partial charge in [-0.2, -0.15) is 0 Å². The SMILES string of the molecule is O=c1c2c(c(-c3ccccc3)c3n1CCN3)CCCC2.O=c1c2c(c(-c3ccccc3)c3n1CCN3)CCCC2. The molecule has 0 bridgehead atoms. The Bertz CT molecular complexity index is 1560. The summed E-state index contributed by atoms with van der Waals surface area (Å²) in [5, 5.41) is 6.84. The zero-order valence-electron chi connectivity index (χ0n) is 23.0. The van der Waals surface area contributed by atoms with Gasteiger partial charge in [0, 0.05) is 48.4 Å². The molecule has 0 saturated heterocycles. The molecule has 0 unspecified atom stereocenters. The van der Waals surface area contributed by atoms with Crippen LogP contribution < -0.4 is 21.8 Å². The van der Waals surface area contributed by atoms with Gasteiger partial charge in [-0.3, -0.25) is 18.7 Å². The zero-order chi connectivity index (χ0) is 27.1. The highest BCUT2D eigenvalue weighted by Gasteiger charge is 2.27. The lowest BCUT2D eigenvalue weighted by atomic mass is 9.87. The van der Waals surface area contributed by atoms with E-state index in [4.69, 9.17) is 0 Å². The summed E-state index contributed by atoms with van der Waals surface area (Å²) in [5.41, 5.74) is 10.1. The summed E-state index contributed by atoms with van der Waals surface area (Å²) < 4.78 is 3.87. The van der Waals surface area contributed by atoms with Crippen LogP contribution in [0.3, 0.4) is 0 Å². The van der Waals surface area contributed by atoms with Gasteiger partial charge in [-0.05, 0) is 73.6 Å². The molecule has 204 valence electrons. The first-order valence-corrected chi connectivity index (χ1v) is 14.9. The van der Waals surface area contributed by atoms with Crippen LogP contribution in [-0.2, 0) is 38.8 Å². The fraction of sp³-hybridized carbons (Fsp3) is 0.353. The van der Waals surface area contributed by atoms with Crippen molar-refractivity contribution in [2.75, 3.05) is 23.7 Å². The first-order valence-electron chi connectivity index (χ1n) is 14.9. The first-order chi connectivity index (χ1) is 19.7. The van der Waals surface area contributed by atoms with Crippen molar-refractivity contribution in [3.05, 3.63) is 104 Å². The van der Waals surface area contributed by atoms with Crippen molar-refractivity contribution < 1.29 is 0 Å². The number of nitrogens with zero attached hydrogens (tertiary/aromatic N) is 2. The molecule has 0 saturated carbocycles. The van der Waals surface area contributed by atoms with Gasteiger partial charge in [-0.15, -0.1) is 0 Å². The van der Waals surface area contributed by atoms with E-state index < -0.39 is 0 Å². The summed E-state index contributed by atoms with van der Waals surface area (Å²) >= 11 is 0. The summed E-state index contributed by atoms with van der Waals surface area (Å²) in [6.07, 6.45) is 8.61. The molecule has 2 aromatic carbocycles. The molecule has 0 radical (unpaired) electrons. The second kappa shape index (κ2) is 10.5. The molecule has 6 heteroatoms. The summed E-state index contributed by atoms with van der Waals surface area (Å²) in [4.78, 5) is 25.2. The smallest absolute Gasteiger partial charge is 0.255 e. The topological polar surface area (TPSA) is 68.1 Å². The molecule has 8 rings (SSSR count). The fourth-order valence-corrected chi connectivity index (χ4v) is 7.12. The van der Waals surface area contributed by atoms with Gasteiger partial charge in [-0.1, -0.05) is 60.7 Å². The van der Waals surface area contributed by atoms with E-state index in [1.165, 1.54) is 46.2 Å². The molecule has 0 amide bonds.